The van der Waals surface area contributed by atoms with E-state index in [-0.39, 0.29) is 13.2 Å². The van der Waals surface area contributed by atoms with Gasteiger partial charge in [0.15, 0.2) is 11.5 Å². The molecule has 0 aromatic heterocycles. The monoisotopic (exact) mass is 266 g/mol. The highest BCUT2D eigenvalue weighted by molar-refractivity contribution is 5.68. The van der Waals surface area contributed by atoms with Crippen molar-refractivity contribution in [2.45, 2.75) is 38.2 Å². The number of aliphatic carboxylic acids is 1. The first-order chi connectivity index (χ1) is 9.05. The van der Waals surface area contributed by atoms with E-state index in [2.05, 4.69) is 0 Å². The van der Waals surface area contributed by atoms with Gasteiger partial charge in [0.2, 0.25) is 6.79 Å². The van der Waals surface area contributed by atoms with Crippen LogP contribution >= 0.6 is 0 Å². The Bertz CT molecular complexity index is 471. The third kappa shape index (κ3) is 2.98. The molecule has 0 saturated heterocycles. The lowest BCUT2D eigenvalue weighted by atomic mass is 9.85. The maximum atomic E-state index is 11.0. The molecule has 104 valence electrons. The number of hydrogen-bond acceptors (Lipinski definition) is 4. The zero-order valence-corrected chi connectivity index (χ0v) is 10.9. The van der Waals surface area contributed by atoms with Crippen molar-refractivity contribution in [1.29, 1.82) is 0 Å². The minimum absolute atomic E-state index is 0.158. The predicted molar refractivity (Wildman–Crippen MR) is 68.2 cm³/mol. The fourth-order valence-electron chi connectivity index (χ4n) is 2.24. The van der Waals surface area contributed by atoms with Crippen LogP contribution in [-0.2, 0) is 10.4 Å². The number of aliphatic hydroxyl groups is 1. The summed E-state index contributed by atoms with van der Waals surface area (Å²) < 4.78 is 10.5. The molecule has 19 heavy (non-hydrogen) atoms. The lowest BCUT2D eigenvalue weighted by Crippen LogP contribution is -2.29. The SMILES string of the molecule is CCCCC(O)(CC(=O)O)c1ccc2c(c1)OCO2. The van der Waals surface area contributed by atoms with Crippen LogP contribution in [0.15, 0.2) is 18.2 Å². The van der Waals surface area contributed by atoms with Crippen molar-refractivity contribution in [3.05, 3.63) is 23.8 Å². The summed E-state index contributed by atoms with van der Waals surface area (Å²) in [7, 11) is 0. The summed E-state index contributed by atoms with van der Waals surface area (Å²) in [5.41, 5.74) is -0.796. The average molecular weight is 266 g/mol. The molecule has 0 fully saturated rings. The second kappa shape index (κ2) is 5.48. The van der Waals surface area contributed by atoms with E-state index in [1.807, 2.05) is 6.92 Å². The lowest BCUT2D eigenvalue weighted by molar-refractivity contribution is -0.143. The lowest BCUT2D eigenvalue weighted by Gasteiger charge is -2.27. The Morgan fingerprint density at radius 3 is 2.79 bits per heavy atom. The normalized spacial score (nSPS) is 16.1. The second-order valence-electron chi connectivity index (χ2n) is 4.77. The van der Waals surface area contributed by atoms with Crippen molar-refractivity contribution in [3.8, 4) is 11.5 Å². The molecule has 1 aliphatic heterocycles. The summed E-state index contributed by atoms with van der Waals surface area (Å²) in [5.74, 6) is 0.158. The van der Waals surface area contributed by atoms with Crippen LogP contribution in [-0.4, -0.2) is 23.0 Å². The molecule has 0 saturated carbocycles. The first kappa shape index (κ1) is 13.7. The summed E-state index contributed by atoms with van der Waals surface area (Å²) in [6, 6.07) is 5.07. The second-order valence-corrected chi connectivity index (χ2v) is 4.77. The molecule has 2 N–H and O–H groups in total. The molecule has 1 heterocycles. The molecule has 5 heteroatoms. The van der Waals surface area contributed by atoms with Gasteiger partial charge >= 0.3 is 5.97 Å². The highest BCUT2D eigenvalue weighted by Crippen LogP contribution is 2.38. The zero-order valence-electron chi connectivity index (χ0n) is 10.9. The molecule has 0 amide bonds. The van der Waals surface area contributed by atoms with Gasteiger partial charge in [-0.1, -0.05) is 25.8 Å². The zero-order chi connectivity index (χ0) is 13.9. The van der Waals surface area contributed by atoms with E-state index in [0.717, 1.165) is 12.8 Å². The number of rotatable bonds is 6. The molecule has 1 unspecified atom stereocenters. The van der Waals surface area contributed by atoms with Crippen LogP contribution in [0.25, 0.3) is 0 Å². The van der Waals surface area contributed by atoms with E-state index in [1.54, 1.807) is 18.2 Å². The number of carboxylic acids is 1. The Balaban J connectivity index is 2.29. The number of ether oxygens (including phenoxy) is 2. The van der Waals surface area contributed by atoms with Crippen LogP contribution < -0.4 is 9.47 Å². The molecule has 0 bridgehead atoms. The quantitative estimate of drug-likeness (QED) is 0.826. The van der Waals surface area contributed by atoms with Crippen LogP contribution in [0.3, 0.4) is 0 Å². The van der Waals surface area contributed by atoms with E-state index < -0.39 is 11.6 Å². The van der Waals surface area contributed by atoms with Gasteiger partial charge in [0.05, 0.1) is 6.42 Å². The van der Waals surface area contributed by atoms with E-state index >= 15 is 0 Å². The standard InChI is InChI=1S/C14H18O5/c1-2-3-6-14(17,8-13(15)16)10-4-5-11-12(7-10)19-9-18-11/h4-5,7,17H,2-3,6,8-9H2,1H3,(H,15,16). The van der Waals surface area contributed by atoms with Crippen LogP contribution in [0, 0.1) is 0 Å². The predicted octanol–water partition coefficient (Wildman–Crippen LogP) is 2.27. The summed E-state index contributed by atoms with van der Waals surface area (Å²) in [4.78, 5) is 11.0. The maximum absolute atomic E-state index is 11.0. The molecule has 1 atom stereocenters. The van der Waals surface area contributed by atoms with Crippen molar-refractivity contribution >= 4 is 5.97 Å². The Morgan fingerprint density at radius 2 is 2.11 bits per heavy atom. The molecular formula is C14H18O5. The van der Waals surface area contributed by atoms with E-state index in [1.165, 1.54) is 0 Å². The van der Waals surface area contributed by atoms with Crippen molar-refractivity contribution in [1.82, 2.24) is 0 Å². The minimum atomic E-state index is -1.36. The molecule has 1 aliphatic rings. The highest BCUT2D eigenvalue weighted by atomic mass is 16.7. The summed E-state index contributed by atoms with van der Waals surface area (Å²) in [6.45, 7) is 2.16. The topological polar surface area (TPSA) is 76.0 Å². The number of hydrogen-bond donors (Lipinski definition) is 2. The minimum Gasteiger partial charge on any atom is -0.481 e. The van der Waals surface area contributed by atoms with Gasteiger partial charge in [0.1, 0.15) is 5.60 Å². The van der Waals surface area contributed by atoms with Crippen LogP contribution in [0.1, 0.15) is 38.2 Å². The van der Waals surface area contributed by atoms with Crippen LogP contribution in [0.5, 0.6) is 11.5 Å². The van der Waals surface area contributed by atoms with Crippen molar-refractivity contribution in [2.24, 2.45) is 0 Å². The Hall–Kier alpha value is -1.75. The van der Waals surface area contributed by atoms with Gasteiger partial charge < -0.3 is 19.7 Å². The van der Waals surface area contributed by atoms with Crippen molar-refractivity contribution < 1.29 is 24.5 Å². The third-order valence-electron chi connectivity index (χ3n) is 3.30. The van der Waals surface area contributed by atoms with Crippen molar-refractivity contribution in [2.75, 3.05) is 6.79 Å². The van der Waals surface area contributed by atoms with E-state index in [0.29, 0.717) is 23.5 Å². The largest absolute Gasteiger partial charge is 0.481 e. The van der Waals surface area contributed by atoms with Gasteiger partial charge in [-0.2, -0.15) is 0 Å². The van der Waals surface area contributed by atoms with Crippen LogP contribution in [0.2, 0.25) is 0 Å². The first-order valence-electron chi connectivity index (χ1n) is 6.39. The van der Waals surface area contributed by atoms with Gasteiger partial charge in [-0.15, -0.1) is 0 Å². The third-order valence-corrected chi connectivity index (χ3v) is 3.30. The number of benzene rings is 1. The maximum Gasteiger partial charge on any atom is 0.306 e. The first-order valence-corrected chi connectivity index (χ1v) is 6.39. The molecular weight excluding hydrogens is 248 g/mol. The van der Waals surface area contributed by atoms with E-state index in [4.69, 9.17) is 14.6 Å². The number of fused-ring (bicyclic) bond motifs is 1. The summed E-state index contributed by atoms with van der Waals surface area (Å²) in [5, 5.41) is 19.6. The molecule has 5 nitrogen and oxygen atoms in total. The fourth-order valence-corrected chi connectivity index (χ4v) is 2.24. The van der Waals surface area contributed by atoms with Gasteiger partial charge in [-0.3, -0.25) is 4.79 Å². The molecule has 0 radical (unpaired) electrons. The van der Waals surface area contributed by atoms with Gasteiger partial charge in [-0.25, -0.2) is 0 Å². The number of carbonyl (C=O) groups is 1. The summed E-state index contributed by atoms with van der Waals surface area (Å²) in [6.07, 6.45) is 1.76. The van der Waals surface area contributed by atoms with E-state index in [9.17, 15) is 9.90 Å². The smallest absolute Gasteiger partial charge is 0.306 e. The Labute approximate surface area is 111 Å². The number of unbranched alkanes of at least 4 members (excludes halogenated alkanes) is 1. The Morgan fingerprint density at radius 1 is 1.37 bits per heavy atom. The van der Waals surface area contributed by atoms with Gasteiger partial charge in [0, 0.05) is 0 Å². The van der Waals surface area contributed by atoms with Crippen LogP contribution in [0.4, 0.5) is 0 Å². The fraction of sp³-hybridized carbons (Fsp3) is 0.500. The number of carboxylic acid groups (broad SMARTS) is 1. The summed E-state index contributed by atoms with van der Waals surface area (Å²) >= 11 is 0. The average Bonchev–Trinajstić information content (AvgIpc) is 2.82. The molecule has 0 spiro atoms. The molecule has 0 aliphatic carbocycles. The molecule has 1 aromatic rings. The Kier molecular flexibility index (Phi) is 3.95. The van der Waals surface area contributed by atoms with Crippen molar-refractivity contribution in [3.63, 3.8) is 0 Å². The molecule has 2 rings (SSSR count). The molecule has 1 aromatic carbocycles. The van der Waals surface area contributed by atoms with Gasteiger partial charge in [-0.05, 0) is 24.1 Å². The highest BCUT2D eigenvalue weighted by Gasteiger charge is 2.33. The van der Waals surface area contributed by atoms with Gasteiger partial charge in [0.25, 0.3) is 0 Å².